The van der Waals surface area contributed by atoms with Crippen LogP contribution in [0.25, 0.3) is 85.9 Å². The molecule has 0 saturated heterocycles. The van der Waals surface area contributed by atoms with Crippen molar-refractivity contribution >= 4 is 92.1 Å². The molecular formula is C50H31NOS. The Balaban J connectivity index is 1.01. The van der Waals surface area contributed by atoms with Crippen molar-refractivity contribution in [3.63, 3.8) is 0 Å². The van der Waals surface area contributed by atoms with Gasteiger partial charge in [-0.15, -0.1) is 11.3 Å². The van der Waals surface area contributed by atoms with E-state index >= 15 is 0 Å². The van der Waals surface area contributed by atoms with Gasteiger partial charge in [-0.25, -0.2) is 0 Å². The Morgan fingerprint density at radius 1 is 0.396 bits per heavy atom. The molecule has 0 aliphatic heterocycles. The van der Waals surface area contributed by atoms with Crippen molar-refractivity contribution in [3.8, 4) is 22.3 Å². The summed E-state index contributed by atoms with van der Waals surface area (Å²) in [7, 11) is 0. The third kappa shape index (κ3) is 4.86. The summed E-state index contributed by atoms with van der Waals surface area (Å²) < 4.78 is 9.31. The van der Waals surface area contributed by atoms with E-state index in [9.17, 15) is 0 Å². The third-order valence-corrected chi connectivity index (χ3v) is 11.8. The molecule has 2 nitrogen and oxygen atoms in total. The molecule has 2 aromatic heterocycles. The zero-order valence-electron chi connectivity index (χ0n) is 28.7. The van der Waals surface area contributed by atoms with E-state index in [2.05, 4.69) is 193 Å². The highest BCUT2D eigenvalue weighted by molar-refractivity contribution is 7.26. The van der Waals surface area contributed by atoms with Crippen LogP contribution >= 0.6 is 11.3 Å². The minimum atomic E-state index is 0.893. The number of thiophene rings is 1. The molecule has 0 saturated carbocycles. The highest BCUT2D eigenvalue weighted by Gasteiger charge is 2.19. The van der Waals surface area contributed by atoms with Gasteiger partial charge >= 0.3 is 0 Å². The predicted molar refractivity (Wildman–Crippen MR) is 227 cm³/mol. The molecule has 0 aliphatic carbocycles. The molecule has 0 N–H and O–H groups in total. The van der Waals surface area contributed by atoms with Crippen LogP contribution in [0, 0.1) is 0 Å². The summed E-state index contributed by atoms with van der Waals surface area (Å²) >= 11 is 1.86. The van der Waals surface area contributed by atoms with Gasteiger partial charge in [-0.3, -0.25) is 0 Å². The van der Waals surface area contributed by atoms with Crippen molar-refractivity contribution in [2.24, 2.45) is 0 Å². The number of furan rings is 1. The lowest BCUT2D eigenvalue weighted by molar-refractivity contribution is 0.673. The van der Waals surface area contributed by atoms with Crippen LogP contribution in [0.2, 0.25) is 0 Å². The van der Waals surface area contributed by atoms with Gasteiger partial charge in [-0.1, -0.05) is 127 Å². The third-order valence-electron chi connectivity index (χ3n) is 10.6. The van der Waals surface area contributed by atoms with Crippen LogP contribution in [0.5, 0.6) is 0 Å². The molecule has 0 bridgehead atoms. The number of para-hydroxylation sites is 1. The molecular weight excluding hydrogens is 663 g/mol. The fraction of sp³-hybridized carbons (Fsp3) is 0. The summed E-state index contributed by atoms with van der Waals surface area (Å²) in [5.74, 6) is 0. The summed E-state index contributed by atoms with van der Waals surface area (Å²) in [6, 6.07) is 67.8. The molecule has 0 fully saturated rings. The van der Waals surface area contributed by atoms with E-state index in [1.807, 2.05) is 11.3 Å². The van der Waals surface area contributed by atoms with Gasteiger partial charge in [0.2, 0.25) is 0 Å². The van der Waals surface area contributed by atoms with E-state index < -0.39 is 0 Å². The summed E-state index contributed by atoms with van der Waals surface area (Å²) in [5, 5.41) is 9.67. The Morgan fingerprint density at radius 2 is 1.08 bits per heavy atom. The first kappa shape index (κ1) is 30.0. The van der Waals surface area contributed by atoms with Crippen molar-refractivity contribution in [1.29, 1.82) is 0 Å². The van der Waals surface area contributed by atoms with Gasteiger partial charge in [0, 0.05) is 43.0 Å². The van der Waals surface area contributed by atoms with Crippen LogP contribution in [0.15, 0.2) is 192 Å². The largest absolute Gasteiger partial charge is 0.455 e. The van der Waals surface area contributed by atoms with Crippen LogP contribution in [-0.4, -0.2) is 0 Å². The molecule has 248 valence electrons. The number of fused-ring (bicyclic) bond motifs is 9. The molecule has 0 amide bonds. The molecule has 11 aromatic rings. The number of hydrogen-bond acceptors (Lipinski definition) is 3. The smallest absolute Gasteiger partial charge is 0.143 e. The fourth-order valence-corrected chi connectivity index (χ4v) is 9.30. The second kappa shape index (κ2) is 11.9. The minimum absolute atomic E-state index is 0.893. The lowest BCUT2D eigenvalue weighted by Crippen LogP contribution is -2.09. The molecule has 0 radical (unpaired) electrons. The van der Waals surface area contributed by atoms with Gasteiger partial charge in [0.1, 0.15) is 11.2 Å². The highest BCUT2D eigenvalue weighted by atomic mass is 32.1. The molecule has 9 aromatic carbocycles. The number of anilines is 3. The Hall–Kier alpha value is -6.68. The average molecular weight is 694 g/mol. The summed E-state index contributed by atoms with van der Waals surface area (Å²) in [5.41, 5.74) is 9.95. The molecule has 2 heterocycles. The zero-order chi connectivity index (χ0) is 34.9. The maximum atomic E-state index is 6.73. The molecule has 3 heteroatoms. The predicted octanol–water partition coefficient (Wildman–Crippen LogP) is 15.1. The second-order valence-corrected chi connectivity index (χ2v) is 14.7. The lowest BCUT2D eigenvalue weighted by atomic mass is 9.94. The zero-order valence-corrected chi connectivity index (χ0v) is 29.5. The summed E-state index contributed by atoms with van der Waals surface area (Å²) in [6.07, 6.45) is 0. The topological polar surface area (TPSA) is 16.4 Å². The Labute approximate surface area is 310 Å². The van der Waals surface area contributed by atoms with Gasteiger partial charge in [0.05, 0.1) is 10.4 Å². The first-order valence-corrected chi connectivity index (χ1v) is 18.8. The van der Waals surface area contributed by atoms with Crippen molar-refractivity contribution in [2.75, 3.05) is 4.90 Å². The van der Waals surface area contributed by atoms with Crippen LogP contribution in [-0.2, 0) is 0 Å². The van der Waals surface area contributed by atoms with E-state index in [1.165, 1.54) is 53.1 Å². The standard InChI is InChI=1S/C50H31NOS/c1-2-13-37(14-3-1)51(46-19-10-18-43-41-16-8-9-20-48(41)53-50(43)46)38-26-23-33(24-27-38)35-25-28-40-45-31-44(36-22-21-32-11-4-5-12-34(32)29-36)39-15-6-7-17-42(39)49(45)52-47(40)30-35/h1-31H. The van der Waals surface area contributed by atoms with Gasteiger partial charge in [0.25, 0.3) is 0 Å². The maximum absolute atomic E-state index is 6.73. The summed E-state index contributed by atoms with van der Waals surface area (Å²) in [6.45, 7) is 0. The van der Waals surface area contributed by atoms with E-state index in [-0.39, 0.29) is 0 Å². The van der Waals surface area contributed by atoms with Gasteiger partial charge in [-0.05, 0) is 99.1 Å². The van der Waals surface area contributed by atoms with Crippen molar-refractivity contribution in [3.05, 3.63) is 188 Å². The minimum Gasteiger partial charge on any atom is -0.455 e. The fourth-order valence-electron chi connectivity index (χ4n) is 8.09. The normalized spacial score (nSPS) is 11.8. The summed E-state index contributed by atoms with van der Waals surface area (Å²) in [4.78, 5) is 2.38. The van der Waals surface area contributed by atoms with Gasteiger partial charge in [0.15, 0.2) is 0 Å². The SMILES string of the molecule is c1ccc(N(c2ccc(-c3ccc4c(c3)oc3c5ccccc5c(-c5ccc6ccccc6c5)cc43)cc2)c2cccc3c2sc2ccccc23)cc1. The van der Waals surface area contributed by atoms with Crippen molar-refractivity contribution in [1.82, 2.24) is 0 Å². The first-order chi connectivity index (χ1) is 26.3. The van der Waals surface area contributed by atoms with E-state index in [0.29, 0.717) is 0 Å². The monoisotopic (exact) mass is 693 g/mol. The lowest BCUT2D eigenvalue weighted by Gasteiger charge is -2.26. The van der Waals surface area contributed by atoms with Crippen LogP contribution in [0.1, 0.15) is 0 Å². The van der Waals surface area contributed by atoms with E-state index in [0.717, 1.165) is 49.8 Å². The Bertz CT molecular complexity index is 3170. The first-order valence-electron chi connectivity index (χ1n) is 18.0. The van der Waals surface area contributed by atoms with Crippen molar-refractivity contribution in [2.45, 2.75) is 0 Å². The number of hydrogen-bond donors (Lipinski definition) is 0. The number of benzene rings is 9. The van der Waals surface area contributed by atoms with Gasteiger partial charge in [-0.2, -0.15) is 0 Å². The molecule has 0 unspecified atom stereocenters. The van der Waals surface area contributed by atoms with Crippen molar-refractivity contribution < 1.29 is 4.42 Å². The Morgan fingerprint density at radius 3 is 1.94 bits per heavy atom. The molecule has 11 rings (SSSR count). The quantitative estimate of drug-likeness (QED) is 0.178. The van der Waals surface area contributed by atoms with Crippen LogP contribution in [0.3, 0.4) is 0 Å². The van der Waals surface area contributed by atoms with E-state index in [1.54, 1.807) is 0 Å². The number of rotatable bonds is 5. The van der Waals surface area contributed by atoms with Crippen LogP contribution < -0.4 is 4.90 Å². The molecule has 0 atom stereocenters. The number of nitrogens with zero attached hydrogens (tertiary/aromatic N) is 1. The molecule has 0 aliphatic rings. The van der Waals surface area contributed by atoms with Crippen LogP contribution in [0.4, 0.5) is 17.1 Å². The van der Waals surface area contributed by atoms with E-state index in [4.69, 9.17) is 4.42 Å². The average Bonchev–Trinajstić information content (AvgIpc) is 3.80. The molecule has 53 heavy (non-hydrogen) atoms. The molecule has 0 spiro atoms. The Kier molecular flexibility index (Phi) is 6.76. The second-order valence-electron chi connectivity index (χ2n) is 13.7. The highest BCUT2D eigenvalue weighted by Crippen LogP contribution is 2.45. The maximum Gasteiger partial charge on any atom is 0.143 e. The van der Waals surface area contributed by atoms with Gasteiger partial charge < -0.3 is 9.32 Å².